The Hall–Kier alpha value is -0.400. The molecule has 2 aliphatic rings. The first kappa shape index (κ1) is 18.9. The van der Waals surface area contributed by atoms with Gasteiger partial charge in [-0.2, -0.15) is 0 Å². The molecular weight excluding hydrogens is 316 g/mol. The Labute approximate surface area is 132 Å². The van der Waals surface area contributed by atoms with Crippen molar-refractivity contribution in [3.8, 4) is 0 Å². The smallest absolute Gasteiger partial charge is 0.223 e. The van der Waals surface area contributed by atoms with E-state index in [1.807, 2.05) is 0 Å². The van der Waals surface area contributed by atoms with Crippen LogP contribution in [0.1, 0.15) is 13.3 Å². The van der Waals surface area contributed by atoms with E-state index in [1.54, 1.807) is 6.92 Å². The fourth-order valence-corrected chi connectivity index (χ4v) is 2.81. The van der Waals surface area contributed by atoms with Crippen LogP contribution in [-0.4, -0.2) is 104 Å². The van der Waals surface area contributed by atoms with Gasteiger partial charge in [0, 0.05) is 0 Å². The van der Waals surface area contributed by atoms with E-state index >= 15 is 0 Å². The molecular formula is C13H24O10. The molecule has 2 aliphatic heterocycles. The van der Waals surface area contributed by atoms with Crippen molar-refractivity contribution in [1.82, 2.24) is 0 Å². The average Bonchev–Trinajstić information content (AvgIpc) is 2.80. The monoisotopic (exact) mass is 340 g/mol. The zero-order valence-electron chi connectivity index (χ0n) is 12.6. The molecule has 2 fully saturated rings. The van der Waals surface area contributed by atoms with Crippen LogP contribution in [0.25, 0.3) is 0 Å². The van der Waals surface area contributed by atoms with Crippen LogP contribution in [0.2, 0.25) is 0 Å². The minimum absolute atomic E-state index is 0.331. The first-order chi connectivity index (χ1) is 10.8. The number of hydrogen-bond donors (Lipinski definition) is 7. The van der Waals surface area contributed by atoms with Crippen LogP contribution < -0.4 is 0 Å². The predicted molar refractivity (Wildman–Crippen MR) is 71.8 cm³/mol. The Kier molecular flexibility index (Phi) is 5.95. The van der Waals surface area contributed by atoms with E-state index in [-0.39, 0.29) is 0 Å². The summed E-state index contributed by atoms with van der Waals surface area (Å²) in [5, 5.41) is 68.1. The molecule has 10 heteroatoms. The minimum Gasteiger partial charge on any atom is -0.394 e. The van der Waals surface area contributed by atoms with Gasteiger partial charge in [-0.05, 0) is 6.42 Å². The number of ether oxygens (including phenoxy) is 3. The fourth-order valence-electron chi connectivity index (χ4n) is 2.81. The molecule has 2 rings (SSSR count). The molecule has 0 aromatic rings. The first-order valence-corrected chi connectivity index (χ1v) is 7.44. The number of aliphatic hydroxyl groups excluding tert-OH is 7. The van der Waals surface area contributed by atoms with E-state index in [1.165, 1.54) is 0 Å². The van der Waals surface area contributed by atoms with E-state index in [9.17, 15) is 30.6 Å². The summed E-state index contributed by atoms with van der Waals surface area (Å²) in [4.78, 5) is 0. The molecule has 9 atom stereocenters. The van der Waals surface area contributed by atoms with E-state index in [0.717, 1.165) is 0 Å². The summed E-state index contributed by atoms with van der Waals surface area (Å²) < 4.78 is 15.9. The van der Waals surface area contributed by atoms with Crippen molar-refractivity contribution in [2.75, 3.05) is 13.2 Å². The van der Waals surface area contributed by atoms with Crippen molar-refractivity contribution in [1.29, 1.82) is 0 Å². The zero-order chi connectivity index (χ0) is 17.4. The van der Waals surface area contributed by atoms with Crippen LogP contribution in [-0.2, 0) is 14.2 Å². The number of aliphatic hydroxyl groups is 7. The molecule has 0 amide bonds. The van der Waals surface area contributed by atoms with Crippen molar-refractivity contribution >= 4 is 0 Å². The molecule has 10 nitrogen and oxygen atoms in total. The van der Waals surface area contributed by atoms with Crippen molar-refractivity contribution in [2.24, 2.45) is 0 Å². The lowest BCUT2D eigenvalue weighted by atomic mass is 9.99. The predicted octanol–water partition coefficient (Wildman–Crippen LogP) is -3.98. The maximum atomic E-state index is 10.1. The molecule has 136 valence electrons. The van der Waals surface area contributed by atoms with Crippen molar-refractivity contribution in [3.05, 3.63) is 0 Å². The van der Waals surface area contributed by atoms with Gasteiger partial charge >= 0.3 is 0 Å². The average molecular weight is 340 g/mol. The van der Waals surface area contributed by atoms with Crippen LogP contribution in [0.5, 0.6) is 0 Å². The SMILES string of the molecule is CC[C@@H]1O[C@@](CO)(O[C@@H]2OC(CO)[C@H](O)[C@H](O)C2O)[C@H](O)C1O. The highest BCUT2D eigenvalue weighted by Gasteiger charge is 2.57. The van der Waals surface area contributed by atoms with Gasteiger partial charge in [-0.15, -0.1) is 0 Å². The molecule has 7 N–H and O–H groups in total. The van der Waals surface area contributed by atoms with Crippen molar-refractivity contribution < 1.29 is 50.0 Å². The Morgan fingerprint density at radius 1 is 0.913 bits per heavy atom. The van der Waals surface area contributed by atoms with Gasteiger partial charge in [0.1, 0.15) is 43.2 Å². The highest BCUT2D eigenvalue weighted by Crippen LogP contribution is 2.36. The second-order valence-electron chi connectivity index (χ2n) is 5.79. The summed E-state index contributed by atoms with van der Waals surface area (Å²) >= 11 is 0. The Morgan fingerprint density at radius 2 is 1.57 bits per heavy atom. The molecule has 0 aromatic carbocycles. The van der Waals surface area contributed by atoms with Gasteiger partial charge in [0.05, 0.1) is 12.7 Å². The number of hydrogen-bond acceptors (Lipinski definition) is 10. The maximum Gasteiger partial charge on any atom is 0.223 e. The molecule has 0 spiro atoms. The molecule has 23 heavy (non-hydrogen) atoms. The summed E-state index contributed by atoms with van der Waals surface area (Å²) in [6, 6.07) is 0. The quantitative estimate of drug-likeness (QED) is 0.262. The molecule has 0 radical (unpaired) electrons. The van der Waals surface area contributed by atoms with Gasteiger partial charge in [-0.1, -0.05) is 6.92 Å². The Balaban J connectivity index is 2.18. The van der Waals surface area contributed by atoms with Gasteiger partial charge in [-0.3, -0.25) is 0 Å². The summed E-state index contributed by atoms with van der Waals surface area (Å²) in [5.41, 5.74) is 0. The molecule has 0 saturated carbocycles. The second kappa shape index (κ2) is 7.23. The van der Waals surface area contributed by atoms with Crippen LogP contribution in [0.4, 0.5) is 0 Å². The van der Waals surface area contributed by atoms with E-state index in [0.29, 0.717) is 6.42 Å². The van der Waals surface area contributed by atoms with E-state index in [2.05, 4.69) is 0 Å². The second-order valence-corrected chi connectivity index (χ2v) is 5.79. The van der Waals surface area contributed by atoms with Crippen LogP contribution in [0.15, 0.2) is 0 Å². The summed E-state index contributed by atoms with van der Waals surface area (Å²) in [7, 11) is 0. The van der Waals surface area contributed by atoms with Gasteiger partial charge < -0.3 is 50.0 Å². The zero-order valence-corrected chi connectivity index (χ0v) is 12.6. The topological polar surface area (TPSA) is 169 Å². The third-order valence-electron chi connectivity index (χ3n) is 4.29. The molecule has 0 aliphatic carbocycles. The fraction of sp³-hybridized carbons (Fsp3) is 1.00. The van der Waals surface area contributed by atoms with Crippen LogP contribution in [0, 0.1) is 0 Å². The Bertz CT molecular complexity index is 393. The summed E-state index contributed by atoms with van der Waals surface area (Å²) in [6.45, 7) is 0.194. The third kappa shape index (κ3) is 3.24. The molecule has 0 bridgehead atoms. The van der Waals surface area contributed by atoms with Crippen molar-refractivity contribution in [2.45, 2.75) is 68.1 Å². The van der Waals surface area contributed by atoms with Crippen molar-refractivity contribution in [3.63, 3.8) is 0 Å². The maximum absolute atomic E-state index is 10.1. The van der Waals surface area contributed by atoms with Gasteiger partial charge in [0.25, 0.3) is 0 Å². The normalized spacial score (nSPS) is 51.1. The third-order valence-corrected chi connectivity index (χ3v) is 4.29. The molecule has 2 saturated heterocycles. The highest BCUT2D eigenvalue weighted by atomic mass is 16.8. The van der Waals surface area contributed by atoms with Gasteiger partial charge in [0.15, 0.2) is 6.29 Å². The minimum atomic E-state index is -2.06. The molecule has 0 aromatic heterocycles. The lowest BCUT2D eigenvalue weighted by Crippen LogP contribution is -2.62. The van der Waals surface area contributed by atoms with E-state index in [4.69, 9.17) is 19.3 Å². The van der Waals surface area contributed by atoms with E-state index < -0.39 is 68.0 Å². The van der Waals surface area contributed by atoms with Gasteiger partial charge in [-0.25, -0.2) is 0 Å². The number of rotatable bonds is 5. The van der Waals surface area contributed by atoms with Crippen LogP contribution >= 0.6 is 0 Å². The standard InChI is InChI=1S/C13H24O10/c1-2-5-8(17)11(20)13(4-15,22-5)23-12-10(19)9(18)7(16)6(3-14)21-12/h5-12,14-20H,2-4H2,1H3/t5-,6?,7-,8?,9-,10?,11+,12-,13-/m0/s1. The van der Waals surface area contributed by atoms with Gasteiger partial charge in [0.2, 0.25) is 5.79 Å². The largest absolute Gasteiger partial charge is 0.394 e. The summed E-state index contributed by atoms with van der Waals surface area (Å²) in [5.74, 6) is -2.06. The van der Waals surface area contributed by atoms with Crippen LogP contribution in [0.3, 0.4) is 0 Å². The molecule has 3 unspecified atom stereocenters. The lowest BCUT2D eigenvalue weighted by molar-refractivity contribution is -0.383. The summed E-state index contributed by atoms with van der Waals surface area (Å²) in [6.07, 6.45) is -11.2. The Morgan fingerprint density at radius 3 is 2.04 bits per heavy atom. The highest BCUT2D eigenvalue weighted by molar-refractivity contribution is 4.98. The lowest BCUT2D eigenvalue weighted by Gasteiger charge is -2.43. The molecule has 2 heterocycles. The first-order valence-electron chi connectivity index (χ1n) is 7.44.